The second-order valence-electron chi connectivity index (χ2n) is 12.9. The molecule has 7 rings (SSSR count). The molecule has 1 aliphatic heterocycles. The first kappa shape index (κ1) is 32.7. The third-order valence-electron chi connectivity index (χ3n) is 9.53. The largest absolute Gasteiger partial charge is 0.494 e. The summed E-state index contributed by atoms with van der Waals surface area (Å²) in [6.07, 6.45) is 4.46. The van der Waals surface area contributed by atoms with Gasteiger partial charge in [-0.2, -0.15) is 5.10 Å². The Morgan fingerprint density at radius 1 is 1.04 bits per heavy atom. The maximum atomic E-state index is 14.7. The highest BCUT2D eigenvalue weighted by Crippen LogP contribution is 2.45. The quantitative estimate of drug-likeness (QED) is 0.161. The number of ether oxygens (including phenoxy) is 1. The molecular formula is C37H36Cl2N6O4. The van der Waals surface area contributed by atoms with Crippen LogP contribution in [0.1, 0.15) is 68.4 Å². The van der Waals surface area contributed by atoms with Crippen molar-refractivity contribution in [2.45, 2.75) is 53.5 Å². The van der Waals surface area contributed by atoms with Crippen LogP contribution in [0.3, 0.4) is 0 Å². The minimum absolute atomic E-state index is 0.0607. The van der Waals surface area contributed by atoms with Gasteiger partial charge in [-0.25, -0.2) is 9.78 Å². The summed E-state index contributed by atoms with van der Waals surface area (Å²) in [7, 11) is 1.92. The van der Waals surface area contributed by atoms with Gasteiger partial charge in [0.25, 0.3) is 5.91 Å². The van der Waals surface area contributed by atoms with Gasteiger partial charge >= 0.3 is 5.97 Å². The van der Waals surface area contributed by atoms with Crippen LogP contribution in [0.25, 0.3) is 27.7 Å². The zero-order valence-corrected chi connectivity index (χ0v) is 29.6. The van der Waals surface area contributed by atoms with E-state index >= 15 is 0 Å². The molecule has 1 aliphatic rings. The van der Waals surface area contributed by atoms with Crippen LogP contribution >= 0.6 is 23.2 Å². The fraction of sp³-hybridized carbons (Fsp3) is 0.297. The molecular weight excluding hydrogens is 663 g/mol. The molecule has 0 aliphatic carbocycles. The molecule has 0 fully saturated rings. The van der Waals surface area contributed by atoms with Crippen molar-refractivity contribution in [3.63, 3.8) is 0 Å². The van der Waals surface area contributed by atoms with Crippen LogP contribution < -0.4 is 9.64 Å². The van der Waals surface area contributed by atoms with Crippen molar-refractivity contribution in [2.24, 2.45) is 7.05 Å². The van der Waals surface area contributed by atoms with Crippen LogP contribution in [0, 0.1) is 27.7 Å². The first-order valence-electron chi connectivity index (χ1n) is 16.1. The molecule has 252 valence electrons. The number of carboxylic acid groups (broad SMARTS) is 1. The van der Waals surface area contributed by atoms with Crippen molar-refractivity contribution in [3.05, 3.63) is 98.3 Å². The number of imidazole rings is 1. The summed E-state index contributed by atoms with van der Waals surface area (Å²) < 4.78 is 11.8. The van der Waals surface area contributed by atoms with E-state index in [9.17, 15) is 14.7 Å². The van der Waals surface area contributed by atoms with E-state index in [0.29, 0.717) is 48.0 Å². The Morgan fingerprint density at radius 3 is 2.45 bits per heavy atom. The molecule has 1 N–H and O–H groups in total. The normalized spacial score (nSPS) is 14.7. The number of aromatic carboxylic acids is 1. The molecule has 4 aromatic heterocycles. The summed E-state index contributed by atoms with van der Waals surface area (Å²) in [5, 5.41) is 16.5. The number of hydrogen-bond donors (Lipinski definition) is 1. The lowest BCUT2D eigenvalue weighted by Gasteiger charge is -2.34. The van der Waals surface area contributed by atoms with Crippen LogP contribution in [0.15, 0.2) is 48.8 Å². The molecule has 1 amide bonds. The highest BCUT2D eigenvalue weighted by molar-refractivity contribution is 6.35. The molecule has 6 aromatic rings. The topological polar surface area (TPSA) is 107 Å². The second kappa shape index (κ2) is 12.3. The summed E-state index contributed by atoms with van der Waals surface area (Å²) in [6.45, 7) is 10.9. The third kappa shape index (κ3) is 5.43. The Bertz CT molecular complexity index is 2310. The molecule has 0 saturated carbocycles. The van der Waals surface area contributed by atoms with Gasteiger partial charge in [0, 0.05) is 59.3 Å². The van der Waals surface area contributed by atoms with E-state index in [-0.39, 0.29) is 17.6 Å². The lowest BCUT2D eigenvalue weighted by atomic mass is 9.98. The van der Waals surface area contributed by atoms with E-state index in [0.717, 1.165) is 60.9 Å². The van der Waals surface area contributed by atoms with Crippen molar-refractivity contribution in [1.29, 1.82) is 0 Å². The van der Waals surface area contributed by atoms with Gasteiger partial charge in [0.15, 0.2) is 5.69 Å². The van der Waals surface area contributed by atoms with Gasteiger partial charge in [-0.05, 0) is 94.5 Å². The fourth-order valence-electron chi connectivity index (χ4n) is 7.19. The Labute approximate surface area is 293 Å². The number of pyridine rings is 1. The average Bonchev–Trinajstić information content (AvgIpc) is 3.71. The number of anilines is 1. The minimum Gasteiger partial charge on any atom is -0.494 e. The van der Waals surface area contributed by atoms with E-state index in [4.69, 9.17) is 27.9 Å². The number of aromatic nitrogens is 5. The number of fused-ring (bicyclic) bond motifs is 4. The van der Waals surface area contributed by atoms with Gasteiger partial charge in [-0.15, -0.1) is 0 Å². The summed E-state index contributed by atoms with van der Waals surface area (Å²) >= 11 is 13.4. The Morgan fingerprint density at radius 2 is 1.78 bits per heavy atom. The number of aryl methyl sites for hydroxylation is 5. The predicted octanol–water partition coefficient (Wildman–Crippen LogP) is 8.16. The molecule has 0 spiro atoms. The Kier molecular flexibility index (Phi) is 8.19. The van der Waals surface area contributed by atoms with Crippen molar-refractivity contribution in [2.75, 3.05) is 18.1 Å². The molecule has 0 unspecified atom stereocenters. The van der Waals surface area contributed by atoms with Crippen LogP contribution in [-0.4, -0.2) is 53.9 Å². The van der Waals surface area contributed by atoms with Crippen molar-refractivity contribution in [1.82, 2.24) is 23.7 Å². The maximum absolute atomic E-state index is 14.7. The number of carbonyl (C=O) groups excluding carboxylic acids is 1. The molecule has 0 bridgehead atoms. The zero-order valence-electron chi connectivity index (χ0n) is 28.1. The lowest BCUT2D eigenvalue weighted by molar-refractivity contribution is 0.0691. The van der Waals surface area contributed by atoms with Crippen LogP contribution in [0.2, 0.25) is 10.0 Å². The molecule has 2 aromatic carbocycles. The molecule has 49 heavy (non-hydrogen) atoms. The van der Waals surface area contributed by atoms with Crippen LogP contribution in [0.5, 0.6) is 5.75 Å². The Balaban J connectivity index is 1.34. The molecule has 12 heteroatoms. The minimum atomic E-state index is -1.11. The van der Waals surface area contributed by atoms with E-state index in [2.05, 4.69) is 21.6 Å². The average molecular weight is 700 g/mol. The standard InChI is InChI=1S/C37H36Cl2N6O4/c1-19-14-25(15-20(2)33(19)39)49-13-7-8-26-27-10-11-28(38)32(31-22(4)41-42(6)23(31)5)34(27)45-21(3)16-44(36(46)35(26)45)24-9-12-30-40-29(37(47)48)18-43(30)17-24/h9-12,14-15,17-18,21H,7-8,13,16H2,1-6H3,(H,47,48)/t21-/m1/s1. The van der Waals surface area contributed by atoms with Gasteiger partial charge in [0.2, 0.25) is 0 Å². The number of carbonyl (C=O) groups is 2. The summed E-state index contributed by atoms with van der Waals surface area (Å²) in [6, 6.07) is 11.2. The lowest BCUT2D eigenvalue weighted by Crippen LogP contribution is -2.42. The molecule has 5 heterocycles. The zero-order chi connectivity index (χ0) is 34.9. The van der Waals surface area contributed by atoms with E-state index in [1.165, 1.54) is 6.20 Å². The van der Waals surface area contributed by atoms with Crippen molar-refractivity contribution >= 4 is 57.3 Å². The monoisotopic (exact) mass is 698 g/mol. The predicted molar refractivity (Wildman–Crippen MR) is 192 cm³/mol. The van der Waals surface area contributed by atoms with Gasteiger partial charge in [-0.1, -0.05) is 29.3 Å². The van der Waals surface area contributed by atoms with Gasteiger partial charge < -0.3 is 23.7 Å². The first-order valence-corrected chi connectivity index (χ1v) is 16.9. The van der Waals surface area contributed by atoms with E-state index in [1.807, 2.05) is 69.8 Å². The third-order valence-corrected chi connectivity index (χ3v) is 10.4. The van der Waals surface area contributed by atoms with Gasteiger partial charge in [0.1, 0.15) is 17.1 Å². The van der Waals surface area contributed by atoms with Gasteiger partial charge in [0.05, 0.1) is 28.5 Å². The molecule has 10 nitrogen and oxygen atoms in total. The van der Waals surface area contributed by atoms with Crippen LogP contribution in [0.4, 0.5) is 5.69 Å². The number of rotatable bonds is 8. The number of amides is 1. The number of carboxylic acids is 1. The Hall–Kier alpha value is -4.80. The number of benzene rings is 2. The highest BCUT2D eigenvalue weighted by Gasteiger charge is 2.37. The summed E-state index contributed by atoms with van der Waals surface area (Å²) in [4.78, 5) is 32.2. The SMILES string of the molecule is Cc1cc(OCCCc2c3n(c4c(-c5c(C)nn(C)c5C)c(Cl)ccc24)[C@H](C)CN(c2ccc4nc(C(=O)O)cn4c2)C3=O)cc(C)c1Cl. The first-order chi connectivity index (χ1) is 23.3. The molecule has 1 atom stereocenters. The van der Waals surface area contributed by atoms with E-state index in [1.54, 1.807) is 21.6 Å². The number of halogens is 2. The fourth-order valence-corrected chi connectivity index (χ4v) is 7.55. The molecule has 0 saturated heterocycles. The molecule has 0 radical (unpaired) electrons. The van der Waals surface area contributed by atoms with Crippen molar-refractivity contribution < 1.29 is 19.4 Å². The second-order valence-corrected chi connectivity index (χ2v) is 13.6. The van der Waals surface area contributed by atoms with Crippen LogP contribution in [-0.2, 0) is 13.5 Å². The van der Waals surface area contributed by atoms with E-state index < -0.39 is 5.97 Å². The highest BCUT2D eigenvalue weighted by atomic mass is 35.5. The smallest absolute Gasteiger partial charge is 0.356 e. The summed E-state index contributed by atoms with van der Waals surface area (Å²) in [5.41, 5.74) is 9.12. The van der Waals surface area contributed by atoms with Gasteiger partial charge in [-0.3, -0.25) is 9.48 Å². The number of nitrogens with zero attached hydrogens (tertiary/aromatic N) is 6. The number of hydrogen-bond acceptors (Lipinski definition) is 5. The summed E-state index contributed by atoms with van der Waals surface area (Å²) in [5.74, 6) is -0.494. The maximum Gasteiger partial charge on any atom is 0.356 e. The van der Waals surface area contributed by atoms with Crippen molar-refractivity contribution in [3.8, 4) is 16.9 Å².